The van der Waals surface area contributed by atoms with Crippen LogP contribution >= 0.6 is 0 Å². The Labute approximate surface area is 178 Å². The minimum absolute atomic E-state index is 0.265. The normalized spacial score (nSPS) is 12.9. The summed E-state index contributed by atoms with van der Waals surface area (Å²) < 4.78 is 0. The number of hydrogen-bond acceptors (Lipinski definition) is 0. The first-order chi connectivity index (χ1) is 13.9. The summed E-state index contributed by atoms with van der Waals surface area (Å²) in [5.74, 6) is 0. The third-order valence-corrected chi connectivity index (χ3v) is 4.36. The molecule has 0 atom stereocenters. The molecule has 162 valence electrons. The van der Waals surface area contributed by atoms with Gasteiger partial charge in [-0.15, -0.1) is 0 Å². The Morgan fingerprint density at radius 3 is 1.00 bits per heavy atom. The van der Waals surface area contributed by atoms with Gasteiger partial charge in [0.2, 0.25) is 0 Å². The number of rotatable bonds is 2. The molecule has 0 bridgehead atoms. The van der Waals surface area contributed by atoms with Crippen LogP contribution in [0.4, 0.5) is 0 Å². The van der Waals surface area contributed by atoms with E-state index in [-0.39, 0.29) is 5.41 Å². The molecule has 0 aromatic heterocycles. The lowest BCUT2D eigenvalue weighted by Gasteiger charge is -2.38. The maximum absolute atomic E-state index is 2.30. The van der Waals surface area contributed by atoms with Crippen molar-refractivity contribution in [1.29, 1.82) is 0 Å². The molecule has 0 nitrogen and oxygen atoms in total. The van der Waals surface area contributed by atoms with Gasteiger partial charge in [0.05, 0.1) is 0 Å². The van der Waals surface area contributed by atoms with Crippen molar-refractivity contribution < 1.29 is 0 Å². The molecule has 28 heavy (non-hydrogen) atoms. The molecule has 1 saturated carbocycles. The van der Waals surface area contributed by atoms with Crippen molar-refractivity contribution in [3.8, 4) is 0 Å². The molecule has 0 radical (unpaired) electrons. The monoisotopic (exact) mass is 386 g/mol. The molecule has 2 aromatic carbocycles. The van der Waals surface area contributed by atoms with E-state index < -0.39 is 0 Å². The molecule has 0 amide bonds. The lowest BCUT2D eigenvalue weighted by molar-refractivity contribution is 0.346. The second kappa shape index (κ2) is 23.5. The summed E-state index contributed by atoms with van der Waals surface area (Å²) in [4.78, 5) is 0. The molecule has 1 aliphatic carbocycles. The maximum atomic E-state index is 2.30. The standard InChI is InChI=1S/C18H20.5C2H6/c1-4-10-16(11-5-1)18(14-8-3-9-15-18)17-12-6-2-7-13-17;5*1-2/h1-2,4-7,10-13H,3,8-9,14-15H2;5*1-2H3. The number of hydrogen-bond donors (Lipinski definition) is 0. The van der Waals surface area contributed by atoms with E-state index in [1.54, 1.807) is 0 Å². The molecule has 3 rings (SSSR count). The van der Waals surface area contributed by atoms with Crippen LogP contribution in [0.15, 0.2) is 60.7 Å². The highest BCUT2D eigenvalue weighted by Gasteiger charge is 2.35. The molecule has 0 heterocycles. The lowest BCUT2D eigenvalue weighted by Crippen LogP contribution is -2.30. The SMILES string of the molecule is CC.CC.CC.CC.CC.c1ccc(C2(c3ccccc3)CCCCC2)cc1. The molecule has 1 fully saturated rings. The van der Waals surface area contributed by atoms with Crippen LogP contribution < -0.4 is 0 Å². The van der Waals surface area contributed by atoms with Crippen LogP contribution in [0, 0.1) is 0 Å². The van der Waals surface area contributed by atoms with Crippen molar-refractivity contribution in [2.45, 2.75) is 107 Å². The molecule has 0 unspecified atom stereocenters. The van der Waals surface area contributed by atoms with Gasteiger partial charge in [0.25, 0.3) is 0 Å². The quantitative estimate of drug-likeness (QED) is 0.481. The van der Waals surface area contributed by atoms with Crippen molar-refractivity contribution in [3.05, 3.63) is 71.8 Å². The summed E-state index contributed by atoms with van der Waals surface area (Å²) in [6.07, 6.45) is 6.68. The van der Waals surface area contributed by atoms with Gasteiger partial charge in [-0.1, -0.05) is 149 Å². The van der Waals surface area contributed by atoms with Crippen LogP contribution in [0.1, 0.15) is 112 Å². The Kier molecular flexibility index (Phi) is 26.1. The summed E-state index contributed by atoms with van der Waals surface area (Å²) in [5, 5.41) is 0. The van der Waals surface area contributed by atoms with Crippen LogP contribution in [0.2, 0.25) is 0 Å². The van der Waals surface area contributed by atoms with Gasteiger partial charge in [0.1, 0.15) is 0 Å². The highest BCUT2D eigenvalue weighted by atomic mass is 14.4. The van der Waals surface area contributed by atoms with Gasteiger partial charge in [-0.25, -0.2) is 0 Å². The van der Waals surface area contributed by atoms with Gasteiger partial charge in [-0.05, 0) is 24.0 Å². The average Bonchev–Trinajstić information content (AvgIpc) is 2.87. The summed E-state index contributed by atoms with van der Waals surface area (Å²) in [6, 6.07) is 22.1. The number of benzene rings is 2. The second-order valence-corrected chi connectivity index (χ2v) is 5.37. The summed E-state index contributed by atoms with van der Waals surface area (Å²) in [5.41, 5.74) is 3.26. The van der Waals surface area contributed by atoms with Crippen LogP contribution in [0.5, 0.6) is 0 Å². The zero-order chi connectivity index (χ0) is 22.3. The molecule has 2 aromatic rings. The Morgan fingerprint density at radius 1 is 0.429 bits per heavy atom. The van der Waals surface area contributed by atoms with Gasteiger partial charge in [0, 0.05) is 5.41 Å². The van der Waals surface area contributed by atoms with E-state index >= 15 is 0 Å². The summed E-state index contributed by atoms with van der Waals surface area (Å²) in [7, 11) is 0. The van der Waals surface area contributed by atoms with Crippen LogP contribution in [-0.2, 0) is 5.41 Å². The summed E-state index contributed by atoms with van der Waals surface area (Å²) >= 11 is 0. The van der Waals surface area contributed by atoms with Crippen molar-refractivity contribution in [2.24, 2.45) is 0 Å². The van der Waals surface area contributed by atoms with E-state index in [9.17, 15) is 0 Å². The van der Waals surface area contributed by atoms with Gasteiger partial charge < -0.3 is 0 Å². The van der Waals surface area contributed by atoms with Crippen molar-refractivity contribution in [2.75, 3.05) is 0 Å². The first-order valence-electron chi connectivity index (χ1n) is 12.0. The second-order valence-electron chi connectivity index (χ2n) is 5.37. The molecule has 0 heteroatoms. The molecule has 0 spiro atoms. The van der Waals surface area contributed by atoms with Crippen molar-refractivity contribution in [3.63, 3.8) is 0 Å². The smallest absolute Gasteiger partial charge is 0.0202 e. The van der Waals surface area contributed by atoms with Gasteiger partial charge >= 0.3 is 0 Å². The largest absolute Gasteiger partial charge is 0.0683 e. The van der Waals surface area contributed by atoms with E-state index in [2.05, 4.69) is 60.7 Å². The fraction of sp³-hybridized carbons (Fsp3) is 0.571. The molecular weight excluding hydrogens is 336 g/mol. The fourth-order valence-electron chi connectivity index (χ4n) is 3.41. The minimum Gasteiger partial charge on any atom is -0.0683 e. The van der Waals surface area contributed by atoms with Gasteiger partial charge in [0.15, 0.2) is 0 Å². The van der Waals surface area contributed by atoms with Crippen LogP contribution in [0.25, 0.3) is 0 Å². The lowest BCUT2D eigenvalue weighted by atomic mass is 9.65. The van der Waals surface area contributed by atoms with Crippen LogP contribution in [0.3, 0.4) is 0 Å². The highest BCUT2D eigenvalue weighted by Crippen LogP contribution is 2.44. The zero-order valence-electron chi connectivity index (χ0n) is 20.8. The molecule has 0 aliphatic heterocycles. The maximum Gasteiger partial charge on any atom is 0.0202 e. The average molecular weight is 387 g/mol. The third kappa shape index (κ3) is 10.1. The van der Waals surface area contributed by atoms with Crippen LogP contribution in [-0.4, -0.2) is 0 Å². The Bertz CT molecular complexity index is 436. The Morgan fingerprint density at radius 2 is 0.714 bits per heavy atom. The van der Waals surface area contributed by atoms with Crippen molar-refractivity contribution in [1.82, 2.24) is 0 Å². The highest BCUT2D eigenvalue weighted by molar-refractivity contribution is 5.39. The van der Waals surface area contributed by atoms with E-state index in [1.807, 2.05) is 69.2 Å². The zero-order valence-corrected chi connectivity index (χ0v) is 20.8. The molecular formula is C28H50. The Balaban J connectivity index is -0.000000548. The predicted octanol–water partition coefficient (Wildman–Crippen LogP) is 10.1. The molecule has 1 aliphatic rings. The third-order valence-electron chi connectivity index (χ3n) is 4.36. The summed E-state index contributed by atoms with van der Waals surface area (Å²) in [6.45, 7) is 20.0. The fourth-order valence-corrected chi connectivity index (χ4v) is 3.41. The topological polar surface area (TPSA) is 0 Å². The van der Waals surface area contributed by atoms with Gasteiger partial charge in [-0.2, -0.15) is 0 Å². The van der Waals surface area contributed by atoms with E-state index in [0.717, 1.165) is 0 Å². The van der Waals surface area contributed by atoms with E-state index in [4.69, 9.17) is 0 Å². The molecule has 0 saturated heterocycles. The predicted molar refractivity (Wildman–Crippen MR) is 133 cm³/mol. The first-order valence-corrected chi connectivity index (χ1v) is 12.0. The minimum atomic E-state index is 0.265. The van der Waals surface area contributed by atoms with Gasteiger partial charge in [-0.3, -0.25) is 0 Å². The van der Waals surface area contributed by atoms with Crippen molar-refractivity contribution >= 4 is 0 Å². The Hall–Kier alpha value is -1.56. The first kappa shape index (κ1) is 31.1. The van der Waals surface area contributed by atoms with E-state index in [0.29, 0.717) is 0 Å². The molecule has 0 N–H and O–H groups in total. The van der Waals surface area contributed by atoms with E-state index in [1.165, 1.54) is 43.2 Å².